The van der Waals surface area contributed by atoms with Crippen molar-refractivity contribution in [3.63, 3.8) is 0 Å². The number of carbonyl (C=O) groups excluding carboxylic acids is 2. The Hall–Kier alpha value is -1.10. The monoisotopic (exact) mass is 271 g/mol. The van der Waals surface area contributed by atoms with Gasteiger partial charge < -0.3 is 14.8 Å². The van der Waals surface area contributed by atoms with Gasteiger partial charge in [-0.05, 0) is 25.2 Å². The van der Waals surface area contributed by atoms with Crippen LogP contribution in [0.3, 0.4) is 0 Å². The molecule has 0 bridgehead atoms. The summed E-state index contributed by atoms with van der Waals surface area (Å²) in [5.41, 5.74) is -0.395. The Kier molecular flexibility index (Phi) is 5.79. The molecule has 0 spiro atoms. The fourth-order valence-corrected chi connectivity index (χ4v) is 2.35. The van der Waals surface area contributed by atoms with Gasteiger partial charge in [-0.1, -0.05) is 13.8 Å². The third kappa shape index (κ3) is 5.59. The number of methoxy groups -OCH3 is 1. The minimum Gasteiger partial charge on any atom is -0.469 e. The van der Waals surface area contributed by atoms with Crippen molar-refractivity contribution in [3.05, 3.63) is 0 Å². The van der Waals surface area contributed by atoms with E-state index < -0.39 is 5.41 Å². The van der Waals surface area contributed by atoms with Crippen LogP contribution in [0.1, 0.15) is 46.5 Å². The van der Waals surface area contributed by atoms with Crippen LogP contribution < -0.4 is 5.32 Å². The number of hydrogen-bond acceptors (Lipinski definition) is 4. The van der Waals surface area contributed by atoms with Gasteiger partial charge in [0, 0.05) is 13.0 Å². The highest BCUT2D eigenvalue weighted by molar-refractivity contribution is 5.78. The van der Waals surface area contributed by atoms with Crippen LogP contribution in [0.4, 0.5) is 0 Å². The number of amides is 1. The Morgan fingerprint density at radius 2 is 2.11 bits per heavy atom. The molecule has 0 aromatic heterocycles. The molecule has 2 atom stereocenters. The first kappa shape index (κ1) is 16.0. The molecule has 1 N–H and O–H groups in total. The summed E-state index contributed by atoms with van der Waals surface area (Å²) in [5, 5.41) is 2.95. The molecule has 0 radical (unpaired) electrons. The van der Waals surface area contributed by atoms with E-state index in [-0.39, 0.29) is 30.4 Å². The smallest absolute Gasteiger partial charge is 0.306 e. The van der Waals surface area contributed by atoms with Gasteiger partial charge in [0.15, 0.2) is 0 Å². The molecule has 1 saturated heterocycles. The standard InChI is InChI=1S/C14H25NO4/c1-10(11-6-5-7-19-11)15-12(16)8-14(2,3)9-13(17)18-4/h10-11H,5-9H2,1-4H3,(H,15,16)/t10-,11-/m0/s1. The summed E-state index contributed by atoms with van der Waals surface area (Å²) in [6.07, 6.45) is 2.71. The molecule has 5 nitrogen and oxygen atoms in total. The molecule has 0 saturated carbocycles. The Labute approximate surface area is 115 Å². The normalized spacial score (nSPS) is 20.9. The fourth-order valence-electron chi connectivity index (χ4n) is 2.35. The molecule has 5 heteroatoms. The van der Waals surface area contributed by atoms with Crippen LogP contribution in [0.5, 0.6) is 0 Å². The van der Waals surface area contributed by atoms with E-state index in [2.05, 4.69) is 10.1 Å². The summed E-state index contributed by atoms with van der Waals surface area (Å²) in [7, 11) is 1.36. The highest BCUT2D eigenvalue weighted by Gasteiger charge is 2.28. The van der Waals surface area contributed by atoms with E-state index in [0.717, 1.165) is 19.4 Å². The lowest BCUT2D eigenvalue weighted by molar-refractivity contribution is -0.143. The molecule has 0 aliphatic carbocycles. The lowest BCUT2D eigenvalue weighted by Crippen LogP contribution is -2.42. The van der Waals surface area contributed by atoms with Crippen molar-refractivity contribution in [2.45, 2.75) is 58.6 Å². The van der Waals surface area contributed by atoms with Gasteiger partial charge in [0.05, 0.1) is 25.7 Å². The second-order valence-electron chi connectivity index (χ2n) is 6.00. The second-order valence-corrected chi connectivity index (χ2v) is 6.00. The zero-order chi connectivity index (χ0) is 14.5. The maximum Gasteiger partial charge on any atom is 0.306 e. The number of rotatable bonds is 6. The summed E-state index contributed by atoms with van der Waals surface area (Å²) in [6.45, 7) is 6.51. The number of carbonyl (C=O) groups is 2. The zero-order valence-electron chi connectivity index (χ0n) is 12.3. The minimum absolute atomic E-state index is 0.0175. The molecule has 1 aliphatic heterocycles. The Morgan fingerprint density at radius 3 is 2.63 bits per heavy atom. The molecule has 0 aromatic rings. The maximum absolute atomic E-state index is 12.0. The molecule has 1 rings (SSSR count). The fraction of sp³-hybridized carbons (Fsp3) is 0.857. The summed E-state index contributed by atoms with van der Waals surface area (Å²) >= 11 is 0. The van der Waals surface area contributed by atoms with E-state index in [1.807, 2.05) is 20.8 Å². The van der Waals surface area contributed by atoms with Gasteiger partial charge in [0.2, 0.25) is 5.91 Å². The van der Waals surface area contributed by atoms with Crippen molar-refractivity contribution in [2.24, 2.45) is 5.41 Å². The molecular weight excluding hydrogens is 246 g/mol. The summed E-state index contributed by atoms with van der Waals surface area (Å²) < 4.78 is 10.2. The average molecular weight is 271 g/mol. The number of hydrogen-bond donors (Lipinski definition) is 1. The lowest BCUT2D eigenvalue weighted by Gasteiger charge is -2.25. The average Bonchev–Trinajstić information content (AvgIpc) is 2.80. The van der Waals surface area contributed by atoms with Crippen molar-refractivity contribution in [1.82, 2.24) is 5.32 Å². The number of nitrogens with one attached hydrogen (secondary N) is 1. The number of esters is 1. The molecule has 0 aromatic carbocycles. The van der Waals surface area contributed by atoms with E-state index in [1.165, 1.54) is 7.11 Å². The van der Waals surface area contributed by atoms with Crippen LogP contribution in [-0.2, 0) is 19.1 Å². The van der Waals surface area contributed by atoms with Crippen molar-refractivity contribution in [2.75, 3.05) is 13.7 Å². The topological polar surface area (TPSA) is 64.6 Å². The van der Waals surface area contributed by atoms with Crippen molar-refractivity contribution in [1.29, 1.82) is 0 Å². The molecule has 1 heterocycles. The van der Waals surface area contributed by atoms with Crippen LogP contribution in [0.2, 0.25) is 0 Å². The Balaban J connectivity index is 2.38. The van der Waals surface area contributed by atoms with Crippen molar-refractivity contribution >= 4 is 11.9 Å². The molecule has 0 unspecified atom stereocenters. The SMILES string of the molecule is COC(=O)CC(C)(C)CC(=O)N[C@@H](C)[C@@H]1CCCO1. The first-order valence-corrected chi connectivity index (χ1v) is 6.82. The van der Waals surface area contributed by atoms with Crippen LogP contribution >= 0.6 is 0 Å². The van der Waals surface area contributed by atoms with Gasteiger partial charge in [0.1, 0.15) is 0 Å². The van der Waals surface area contributed by atoms with E-state index in [0.29, 0.717) is 6.42 Å². The van der Waals surface area contributed by atoms with Crippen LogP contribution in [-0.4, -0.2) is 37.7 Å². The second kappa shape index (κ2) is 6.89. The van der Waals surface area contributed by atoms with Crippen molar-refractivity contribution in [3.8, 4) is 0 Å². The van der Waals surface area contributed by atoms with Crippen LogP contribution in [0, 0.1) is 5.41 Å². The van der Waals surface area contributed by atoms with Gasteiger partial charge in [-0.2, -0.15) is 0 Å². The predicted molar refractivity (Wildman–Crippen MR) is 71.6 cm³/mol. The molecule has 1 amide bonds. The molecular formula is C14H25NO4. The summed E-state index contributed by atoms with van der Waals surface area (Å²) in [4.78, 5) is 23.2. The molecule has 1 fully saturated rings. The quantitative estimate of drug-likeness (QED) is 0.746. The lowest BCUT2D eigenvalue weighted by atomic mass is 9.85. The van der Waals surface area contributed by atoms with Crippen LogP contribution in [0.15, 0.2) is 0 Å². The van der Waals surface area contributed by atoms with E-state index in [9.17, 15) is 9.59 Å². The van der Waals surface area contributed by atoms with Crippen LogP contribution in [0.25, 0.3) is 0 Å². The third-order valence-corrected chi connectivity index (χ3v) is 3.40. The first-order valence-electron chi connectivity index (χ1n) is 6.82. The van der Waals surface area contributed by atoms with E-state index in [1.54, 1.807) is 0 Å². The maximum atomic E-state index is 12.0. The highest BCUT2D eigenvalue weighted by Crippen LogP contribution is 2.25. The van der Waals surface area contributed by atoms with Gasteiger partial charge in [-0.25, -0.2) is 0 Å². The largest absolute Gasteiger partial charge is 0.469 e. The predicted octanol–water partition coefficient (Wildman–Crippen LogP) is 1.65. The molecule has 1 aliphatic rings. The Morgan fingerprint density at radius 1 is 1.42 bits per heavy atom. The van der Waals surface area contributed by atoms with Gasteiger partial charge >= 0.3 is 5.97 Å². The molecule has 19 heavy (non-hydrogen) atoms. The summed E-state index contributed by atoms with van der Waals surface area (Å²) in [5.74, 6) is -0.332. The van der Waals surface area contributed by atoms with Crippen molar-refractivity contribution < 1.29 is 19.1 Å². The minimum atomic E-state index is -0.395. The first-order chi connectivity index (χ1) is 8.84. The van der Waals surface area contributed by atoms with Gasteiger partial charge in [-0.3, -0.25) is 9.59 Å². The van der Waals surface area contributed by atoms with E-state index >= 15 is 0 Å². The van der Waals surface area contributed by atoms with Gasteiger partial charge in [-0.15, -0.1) is 0 Å². The van der Waals surface area contributed by atoms with Gasteiger partial charge in [0.25, 0.3) is 0 Å². The Bertz CT molecular complexity index is 321. The zero-order valence-corrected chi connectivity index (χ0v) is 12.3. The highest BCUT2D eigenvalue weighted by atomic mass is 16.5. The number of ether oxygens (including phenoxy) is 2. The van der Waals surface area contributed by atoms with E-state index in [4.69, 9.17) is 4.74 Å². The third-order valence-electron chi connectivity index (χ3n) is 3.40. The summed E-state index contributed by atoms with van der Waals surface area (Å²) in [6, 6.07) is 0.0175. The molecule has 110 valence electrons.